The summed E-state index contributed by atoms with van der Waals surface area (Å²) >= 11 is 0. The van der Waals surface area contributed by atoms with Gasteiger partial charge >= 0.3 is 0 Å². The van der Waals surface area contributed by atoms with Gasteiger partial charge in [0.1, 0.15) is 11.5 Å². The van der Waals surface area contributed by atoms with E-state index in [0.29, 0.717) is 13.1 Å². The van der Waals surface area contributed by atoms with Crippen LogP contribution < -0.4 is 5.32 Å². The molecule has 1 amide bonds. The maximum atomic E-state index is 13.1. The van der Waals surface area contributed by atoms with Crippen LogP contribution in [0.5, 0.6) is 0 Å². The van der Waals surface area contributed by atoms with Crippen molar-refractivity contribution in [2.75, 3.05) is 6.54 Å². The number of nitrogens with zero attached hydrogens (tertiary/aromatic N) is 3. The first-order valence-corrected chi connectivity index (χ1v) is 10.7. The number of aromatic nitrogens is 2. The van der Waals surface area contributed by atoms with Crippen molar-refractivity contribution in [2.24, 2.45) is 0 Å². The third-order valence-electron chi connectivity index (χ3n) is 6.08. The van der Waals surface area contributed by atoms with E-state index in [1.54, 1.807) is 6.20 Å². The summed E-state index contributed by atoms with van der Waals surface area (Å²) in [5.41, 5.74) is 3.34. The maximum absolute atomic E-state index is 13.1. The zero-order valence-corrected chi connectivity index (χ0v) is 19.4. The molecule has 170 valence electrons. The number of nitrogens with one attached hydrogen (secondary N) is 1. The van der Waals surface area contributed by atoms with Gasteiger partial charge in [0.15, 0.2) is 5.89 Å². The van der Waals surface area contributed by atoms with Crippen molar-refractivity contribution in [3.8, 4) is 0 Å². The van der Waals surface area contributed by atoms with E-state index in [9.17, 15) is 4.79 Å². The molecule has 0 spiro atoms. The van der Waals surface area contributed by atoms with Gasteiger partial charge in [0, 0.05) is 37.8 Å². The Bertz CT molecular complexity index is 1010. The number of fused-ring (bicyclic) bond motifs is 1. The molecule has 0 radical (unpaired) electrons. The minimum Gasteiger partial charge on any atom is -0.445 e. The van der Waals surface area contributed by atoms with Crippen LogP contribution in [-0.4, -0.2) is 33.4 Å². The number of carbonyl (C=O) groups is 1. The van der Waals surface area contributed by atoms with Crippen LogP contribution in [0, 0.1) is 0 Å². The molecule has 3 aromatic rings. The Morgan fingerprint density at radius 1 is 1.09 bits per heavy atom. The van der Waals surface area contributed by atoms with Gasteiger partial charge in [-0.05, 0) is 36.5 Å². The van der Waals surface area contributed by atoms with Gasteiger partial charge in [-0.3, -0.25) is 15.1 Å². The maximum Gasteiger partial charge on any atom is 0.240 e. The number of aryl methyl sites for hydroxylation is 2. The van der Waals surface area contributed by atoms with Gasteiger partial charge < -0.3 is 9.32 Å². The smallest absolute Gasteiger partial charge is 0.240 e. The Kier molecular flexibility index (Phi) is 8.29. The van der Waals surface area contributed by atoms with E-state index in [1.165, 1.54) is 11.1 Å². The molecule has 1 N–H and O–H groups in total. The molecule has 0 aliphatic carbocycles. The molecular weight excluding hydrogens is 447 g/mol. The van der Waals surface area contributed by atoms with Gasteiger partial charge in [-0.2, -0.15) is 0 Å². The molecule has 2 aliphatic heterocycles. The molecule has 1 saturated heterocycles. The van der Waals surface area contributed by atoms with Crippen molar-refractivity contribution in [3.63, 3.8) is 0 Å². The lowest BCUT2D eigenvalue weighted by atomic mass is 10.1. The minimum atomic E-state index is -0.117. The van der Waals surface area contributed by atoms with Crippen molar-refractivity contribution < 1.29 is 9.21 Å². The highest BCUT2D eigenvalue weighted by Crippen LogP contribution is 2.28. The Morgan fingerprint density at radius 2 is 1.94 bits per heavy atom. The second-order valence-electron chi connectivity index (χ2n) is 8.11. The van der Waals surface area contributed by atoms with Crippen LogP contribution >= 0.6 is 24.8 Å². The summed E-state index contributed by atoms with van der Waals surface area (Å²) in [7, 11) is 0. The molecule has 0 bridgehead atoms. The first kappa shape index (κ1) is 24.2. The first-order chi connectivity index (χ1) is 14.8. The number of rotatable bonds is 5. The number of oxazole rings is 1. The zero-order chi connectivity index (χ0) is 20.3. The summed E-state index contributed by atoms with van der Waals surface area (Å²) in [5.74, 6) is 1.86. The van der Waals surface area contributed by atoms with Crippen LogP contribution in [0.1, 0.15) is 47.4 Å². The molecule has 2 aromatic heterocycles. The fourth-order valence-electron chi connectivity index (χ4n) is 4.45. The van der Waals surface area contributed by atoms with Gasteiger partial charge in [0.25, 0.3) is 0 Å². The summed E-state index contributed by atoms with van der Waals surface area (Å²) in [6, 6.07) is 14.5. The van der Waals surface area contributed by atoms with Crippen molar-refractivity contribution in [1.82, 2.24) is 20.2 Å². The van der Waals surface area contributed by atoms with Crippen molar-refractivity contribution >= 4 is 30.7 Å². The number of carbonyl (C=O) groups excluding carboxylic acids is 1. The molecular formula is C24H28Cl2N4O2. The standard InChI is InChI=1S/C24H26N4O2.2ClH/c29-24(20-10-9-19(26-20)18-6-2-1-3-7-18)28-14-12-22-21(16-28)27-23(30-22)11-8-17-5-4-13-25-15-17;;/h1-7,13,15,19-20,26H,8-12,14,16H2;2*1H/t19-,20-;;/m1../s1. The molecule has 1 fully saturated rings. The average Bonchev–Trinajstić information content (AvgIpc) is 3.45. The van der Waals surface area contributed by atoms with Crippen molar-refractivity contribution in [3.05, 3.63) is 83.3 Å². The fourth-order valence-corrected chi connectivity index (χ4v) is 4.45. The molecule has 2 atom stereocenters. The average molecular weight is 475 g/mol. The predicted octanol–water partition coefficient (Wildman–Crippen LogP) is 4.08. The minimum absolute atomic E-state index is 0. The zero-order valence-electron chi connectivity index (χ0n) is 17.8. The van der Waals surface area contributed by atoms with Crippen LogP contribution in [-0.2, 0) is 30.6 Å². The third kappa shape index (κ3) is 5.31. The topological polar surface area (TPSA) is 71.3 Å². The molecule has 0 unspecified atom stereocenters. The summed E-state index contributed by atoms with van der Waals surface area (Å²) in [6.07, 6.45) is 7.84. The predicted molar refractivity (Wildman–Crippen MR) is 127 cm³/mol. The molecule has 2 aliphatic rings. The monoisotopic (exact) mass is 474 g/mol. The Morgan fingerprint density at radius 3 is 2.72 bits per heavy atom. The Hall–Kier alpha value is -2.41. The third-order valence-corrected chi connectivity index (χ3v) is 6.08. The lowest BCUT2D eigenvalue weighted by molar-refractivity contribution is -0.134. The summed E-state index contributed by atoms with van der Waals surface area (Å²) in [4.78, 5) is 23.9. The fraction of sp³-hybridized carbons (Fsp3) is 0.375. The van der Waals surface area contributed by atoms with Crippen LogP contribution in [0.15, 0.2) is 59.3 Å². The highest BCUT2D eigenvalue weighted by molar-refractivity contribution is 5.85. The summed E-state index contributed by atoms with van der Waals surface area (Å²) in [5, 5.41) is 3.53. The van der Waals surface area contributed by atoms with E-state index in [1.807, 2.05) is 23.2 Å². The van der Waals surface area contributed by atoms with E-state index in [0.717, 1.165) is 49.4 Å². The van der Waals surface area contributed by atoms with Crippen LogP contribution in [0.2, 0.25) is 0 Å². The highest BCUT2D eigenvalue weighted by atomic mass is 35.5. The largest absolute Gasteiger partial charge is 0.445 e. The van der Waals surface area contributed by atoms with Gasteiger partial charge in [0.2, 0.25) is 5.91 Å². The quantitative estimate of drug-likeness (QED) is 0.603. The molecule has 32 heavy (non-hydrogen) atoms. The van der Waals surface area contributed by atoms with Crippen LogP contribution in [0.4, 0.5) is 0 Å². The van der Waals surface area contributed by atoms with Crippen LogP contribution in [0.3, 0.4) is 0 Å². The molecule has 0 saturated carbocycles. The molecule has 4 heterocycles. The highest BCUT2D eigenvalue weighted by Gasteiger charge is 2.34. The second kappa shape index (κ2) is 10.9. The number of hydrogen-bond donors (Lipinski definition) is 1. The van der Waals surface area contributed by atoms with E-state index in [4.69, 9.17) is 4.42 Å². The summed E-state index contributed by atoms with van der Waals surface area (Å²) < 4.78 is 5.97. The Labute approximate surface area is 200 Å². The van der Waals surface area contributed by atoms with Crippen molar-refractivity contribution in [2.45, 2.75) is 50.7 Å². The lowest BCUT2D eigenvalue weighted by Gasteiger charge is -2.28. The van der Waals surface area contributed by atoms with Crippen molar-refractivity contribution in [1.29, 1.82) is 0 Å². The molecule has 8 heteroatoms. The van der Waals surface area contributed by atoms with Gasteiger partial charge in [-0.1, -0.05) is 36.4 Å². The number of hydrogen-bond acceptors (Lipinski definition) is 5. The van der Waals surface area contributed by atoms with E-state index in [-0.39, 0.29) is 42.8 Å². The number of benzene rings is 1. The number of amides is 1. The normalized spacial score (nSPS) is 19.6. The van der Waals surface area contributed by atoms with E-state index >= 15 is 0 Å². The van der Waals surface area contributed by atoms with E-state index < -0.39 is 0 Å². The number of pyridine rings is 1. The first-order valence-electron chi connectivity index (χ1n) is 10.7. The van der Waals surface area contributed by atoms with Gasteiger partial charge in [0.05, 0.1) is 12.6 Å². The van der Waals surface area contributed by atoms with Gasteiger partial charge in [-0.25, -0.2) is 4.98 Å². The van der Waals surface area contributed by atoms with Gasteiger partial charge in [-0.15, -0.1) is 24.8 Å². The van der Waals surface area contributed by atoms with Crippen LogP contribution in [0.25, 0.3) is 0 Å². The SMILES string of the molecule is Cl.Cl.O=C([C@H]1CC[C@H](c2ccccc2)N1)N1CCc2oc(CCc3cccnc3)nc2C1. The molecule has 1 aromatic carbocycles. The molecule has 6 nitrogen and oxygen atoms in total. The second-order valence-corrected chi connectivity index (χ2v) is 8.11. The summed E-state index contributed by atoms with van der Waals surface area (Å²) in [6.45, 7) is 1.23. The Balaban J connectivity index is 0.00000144. The molecule has 5 rings (SSSR count). The lowest BCUT2D eigenvalue weighted by Crippen LogP contribution is -2.45. The number of halogens is 2. The van der Waals surface area contributed by atoms with E-state index in [2.05, 4.69) is 45.6 Å².